The third-order valence-electron chi connectivity index (χ3n) is 3.42. The smallest absolute Gasteiger partial charge is 0.396 e. The van der Waals surface area contributed by atoms with E-state index in [0.717, 1.165) is 6.54 Å². The van der Waals surface area contributed by atoms with Gasteiger partial charge in [0, 0.05) is 31.8 Å². The van der Waals surface area contributed by atoms with Crippen LogP contribution in [0.1, 0.15) is 26.7 Å². The lowest BCUT2D eigenvalue weighted by molar-refractivity contribution is -0.127. The van der Waals surface area contributed by atoms with Gasteiger partial charge in [-0.05, 0) is 32.6 Å². The Morgan fingerprint density at radius 1 is 1.33 bits per heavy atom. The fraction of sp³-hybridized carbons (Fsp3) is 1.00. The van der Waals surface area contributed by atoms with Crippen LogP contribution in [0.2, 0.25) is 0 Å². The summed E-state index contributed by atoms with van der Waals surface area (Å²) in [5.41, 5.74) is 0. The van der Waals surface area contributed by atoms with E-state index in [1.807, 2.05) is 13.8 Å². The van der Waals surface area contributed by atoms with Gasteiger partial charge < -0.3 is 10.4 Å². The summed E-state index contributed by atoms with van der Waals surface area (Å²) in [4.78, 5) is 2.18. The lowest BCUT2D eigenvalue weighted by Gasteiger charge is -2.40. The number of rotatable bonds is 5. The maximum Gasteiger partial charge on any atom is 0.401 e. The Kier molecular flexibility index (Phi) is 5.88. The fourth-order valence-electron chi connectivity index (χ4n) is 2.46. The molecule has 1 aliphatic rings. The number of halogens is 3. The first-order chi connectivity index (χ1) is 8.31. The van der Waals surface area contributed by atoms with Gasteiger partial charge in [-0.3, -0.25) is 4.90 Å². The van der Waals surface area contributed by atoms with Gasteiger partial charge in [-0.1, -0.05) is 0 Å². The van der Waals surface area contributed by atoms with Crippen LogP contribution in [0.3, 0.4) is 0 Å². The summed E-state index contributed by atoms with van der Waals surface area (Å²) in [5, 5.41) is 11.6. The third-order valence-corrected chi connectivity index (χ3v) is 3.42. The van der Waals surface area contributed by atoms with E-state index in [4.69, 9.17) is 5.11 Å². The molecule has 3 nitrogen and oxygen atoms in total. The van der Waals surface area contributed by atoms with Crippen molar-refractivity contribution in [3.05, 3.63) is 0 Å². The van der Waals surface area contributed by atoms with Crippen LogP contribution in [0.5, 0.6) is 0 Å². The van der Waals surface area contributed by atoms with Crippen LogP contribution in [-0.2, 0) is 0 Å². The summed E-state index contributed by atoms with van der Waals surface area (Å²) in [6.07, 6.45) is -2.79. The first-order valence-electron chi connectivity index (χ1n) is 6.47. The van der Waals surface area contributed by atoms with Crippen LogP contribution in [-0.4, -0.2) is 54.5 Å². The van der Waals surface area contributed by atoms with E-state index in [1.54, 1.807) is 0 Å². The molecule has 2 atom stereocenters. The van der Waals surface area contributed by atoms with Gasteiger partial charge in [0.15, 0.2) is 0 Å². The molecule has 0 radical (unpaired) electrons. The Labute approximate surface area is 106 Å². The normalized spacial score (nSPS) is 26.8. The number of hydrogen-bond donors (Lipinski definition) is 2. The molecule has 0 aromatic carbocycles. The van der Waals surface area contributed by atoms with Crippen LogP contribution >= 0.6 is 0 Å². The summed E-state index contributed by atoms with van der Waals surface area (Å²) >= 11 is 0. The quantitative estimate of drug-likeness (QED) is 0.795. The van der Waals surface area contributed by atoms with E-state index in [-0.39, 0.29) is 18.6 Å². The van der Waals surface area contributed by atoms with Crippen molar-refractivity contribution in [2.75, 3.05) is 26.2 Å². The minimum Gasteiger partial charge on any atom is -0.396 e. The molecule has 0 saturated carbocycles. The summed E-state index contributed by atoms with van der Waals surface area (Å²) in [7, 11) is 0. The lowest BCUT2D eigenvalue weighted by Crippen LogP contribution is -2.53. The topological polar surface area (TPSA) is 35.5 Å². The molecule has 1 fully saturated rings. The van der Waals surface area contributed by atoms with E-state index >= 15 is 0 Å². The summed E-state index contributed by atoms with van der Waals surface area (Å²) in [5.74, 6) is 0.275. The number of nitrogens with zero attached hydrogens (tertiary/aromatic N) is 1. The Balaban J connectivity index is 2.50. The molecule has 1 heterocycles. The van der Waals surface area contributed by atoms with Crippen molar-refractivity contribution < 1.29 is 18.3 Å². The van der Waals surface area contributed by atoms with Crippen LogP contribution in [0.25, 0.3) is 0 Å². The average molecular weight is 268 g/mol. The average Bonchev–Trinajstić information content (AvgIpc) is 2.25. The molecule has 0 amide bonds. The van der Waals surface area contributed by atoms with Gasteiger partial charge in [-0.2, -0.15) is 13.2 Å². The SMILES string of the molecule is CC(C)N1CC(CCO)CC(NCC(F)(F)F)C1. The number of aliphatic hydroxyl groups excluding tert-OH is 1. The molecule has 18 heavy (non-hydrogen) atoms. The highest BCUT2D eigenvalue weighted by molar-refractivity contribution is 4.85. The predicted octanol–water partition coefficient (Wildman–Crippen LogP) is 1.62. The minimum atomic E-state index is -4.16. The Hall–Kier alpha value is -0.330. The highest BCUT2D eigenvalue weighted by Gasteiger charge is 2.32. The predicted molar refractivity (Wildman–Crippen MR) is 64.4 cm³/mol. The van der Waals surface area contributed by atoms with Crippen molar-refractivity contribution >= 4 is 0 Å². The van der Waals surface area contributed by atoms with Crippen LogP contribution in [0.4, 0.5) is 13.2 Å². The van der Waals surface area contributed by atoms with Gasteiger partial charge in [0.25, 0.3) is 0 Å². The fourth-order valence-corrected chi connectivity index (χ4v) is 2.46. The van der Waals surface area contributed by atoms with E-state index in [9.17, 15) is 13.2 Å². The van der Waals surface area contributed by atoms with Crippen molar-refractivity contribution in [3.8, 4) is 0 Å². The molecule has 1 rings (SSSR count). The molecular weight excluding hydrogens is 245 g/mol. The molecule has 1 aliphatic heterocycles. The number of aliphatic hydroxyl groups is 1. The molecule has 2 N–H and O–H groups in total. The Morgan fingerprint density at radius 2 is 2.00 bits per heavy atom. The van der Waals surface area contributed by atoms with Gasteiger partial charge in [-0.25, -0.2) is 0 Å². The lowest BCUT2D eigenvalue weighted by atomic mass is 9.91. The number of piperidine rings is 1. The summed E-state index contributed by atoms with van der Waals surface area (Å²) < 4.78 is 36.6. The van der Waals surface area contributed by atoms with E-state index in [2.05, 4.69) is 10.2 Å². The molecule has 0 spiro atoms. The Morgan fingerprint density at radius 3 is 2.50 bits per heavy atom. The standard InChI is InChI=1S/C12H23F3N2O/c1-9(2)17-6-10(3-4-18)5-11(7-17)16-8-12(13,14)15/h9-11,16,18H,3-8H2,1-2H3. The van der Waals surface area contributed by atoms with Crippen molar-refractivity contribution in [3.63, 3.8) is 0 Å². The number of hydrogen-bond acceptors (Lipinski definition) is 3. The second kappa shape index (κ2) is 6.73. The molecular formula is C12H23F3N2O. The zero-order valence-electron chi connectivity index (χ0n) is 11.0. The van der Waals surface area contributed by atoms with Gasteiger partial charge >= 0.3 is 6.18 Å². The minimum absolute atomic E-state index is 0.0998. The zero-order chi connectivity index (χ0) is 13.8. The number of likely N-dealkylation sites (tertiary alicyclic amines) is 1. The van der Waals surface area contributed by atoms with Gasteiger partial charge in [0.05, 0.1) is 6.54 Å². The molecule has 2 unspecified atom stereocenters. The molecule has 6 heteroatoms. The van der Waals surface area contributed by atoms with Gasteiger partial charge in [-0.15, -0.1) is 0 Å². The highest BCUT2D eigenvalue weighted by Crippen LogP contribution is 2.22. The van der Waals surface area contributed by atoms with E-state index < -0.39 is 12.7 Å². The van der Waals surface area contributed by atoms with Crippen molar-refractivity contribution in [2.45, 2.75) is 44.9 Å². The maximum atomic E-state index is 12.2. The van der Waals surface area contributed by atoms with Crippen molar-refractivity contribution in [2.24, 2.45) is 5.92 Å². The van der Waals surface area contributed by atoms with E-state index in [1.165, 1.54) is 0 Å². The molecule has 0 aromatic rings. The molecule has 0 aliphatic carbocycles. The Bertz CT molecular complexity index is 246. The van der Waals surface area contributed by atoms with Crippen LogP contribution in [0, 0.1) is 5.92 Å². The summed E-state index contributed by atoms with van der Waals surface area (Å²) in [6.45, 7) is 4.76. The maximum absolute atomic E-state index is 12.2. The second-order valence-corrected chi connectivity index (χ2v) is 5.35. The second-order valence-electron chi connectivity index (χ2n) is 5.35. The molecule has 0 aromatic heterocycles. The number of nitrogens with one attached hydrogen (secondary N) is 1. The van der Waals surface area contributed by atoms with Crippen molar-refractivity contribution in [1.29, 1.82) is 0 Å². The zero-order valence-corrected chi connectivity index (χ0v) is 11.0. The van der Waals surface area contributed by atoms with E-state index in [0.29, 0.717) is 25.4 Å². The van der Waals surface area contributed by atoms with Crippen LogP contribution < -0.4 is 5.32 Å². The van der Waals surface area contributed by atoms with Gasteiger partial charge in [0.2, 0.25) is 0 Å². The molecule has 0 bridgehead atoms. The summed E-state index contributed by atoms with van der Waals surface area (Å²) in [6, 6.07) is 0.181. The highest BCUT2D eigenvalue weighted by atomic mass is 19.4. The van der Waals surface area contributed by atoms with Crippen molar-refractivity contribution in [1.82, 2.24) is 10.2 Å². The van der Waals surface area contributed by atoms with Crippen LogP contribution in [0.15, 0.2) is 0 Å². The first-order valence-corrected chi connectivity index (χ1v) is 6.47. The molecule has 1 saturated heterocycles. The molecule has 108 valence electrons. The largest absolute Gasteiger partial charge is 0.401 e. The number of alkyl halides is 3. The third kappa shape index (κ3) is 5.54. The van der Waals surface area contributed by atoms with Gasteiger partial charge in [0.1, 0.15) is 0 Å². The first kappa shape index (κ1) is 15.7. The monoisotopic (exact) mass is 268 g/mol.